The number of nitrogens with one attached hydrogen (secondary N) is 1. The van der Waals surface area contributed by atoms with Gasteiger partial charge in [0.15, 0.2) is 11.6 Å². The maximum atomic E-state index is 12.2. The number of carbonyl (C=O) groups is 1. The van der Waals surface area contributed by atoms with Gasteiger partial charge in [-0.15, -0.1) is 0 Å². The third kappa shape index (κ3) is 4.93. The minimum absolute atomic E-state index is 0.0753. The van der Waals surface area contributed by atoms with Crippen LogP contribution in [-0.4, -0.2) is 34.3 Å². The Bertz CT molecular complexity index is 1030. The van der Waals surface area contributed by atoms with Gasteiger partial charge in [-0.05, 0) is 42.8 Å². The third-order valence-corrected chi connectivity index (χ3v) is 4.22. The number of H-pyrrole nitrogens is 1. The number of allylic oxidation sites excluding steroid dienone is 1. The molecular formula is C22H21N3O4. The van der Waals surface area contributed by atoms with Gasteiger partial charge in [0.05, 0.1) is 23.2 Å². The Morgan fingerprint density at radius 1 is 1.21 bits per heavy atom. The number of hydrogen-bond acceptors (Lipinski definition) is 6. The van der Waals surface area contributed by atoms with Gasteiger partial charge >= 0.3 is 5.97 Å². The number of nitriles is 1. The van der Waals surface area contributed by atoms with E-state index in [2.05, 4.69) is 16.9 Å². The van der Waals surface area contributed by atoms with E-state index in [1.165, 1.54) is 0 Å². The Kier molecular flexibility index (Phi) is 6.48. The predicted octanol–water partition coefficient (Wildman–Crippen LogP) is 4.39. The van der Waals surface area contributed by atoms with E-state index in [-0.39, 0.29) is 17.2 Å². The number of aromatic amines is 1. The van der Waals surface area contributed by atoms with E-state index in [0.29, 0.717) is 23.4 Å². The number of rotatable bonds is 8. The number of hydrogen-bond donors (Lipinski definition) is 2. The van der Waals surface area contributed by atoms with Crippen molar-refractivity contribution in [3.05, 3.63) is 65.7 Å². The van der Waals surface area contributed by atoms with E-state index in [1.807, 2.05) is 24.3 Å². The molecule has 0 unspecified atom stereocenters. The summed E-state index contributed by atoms with van der Waals surface area (Å²) >= 11 is 0. The summed E-state index contributed by atoms with van der Waals surface area (Å²) in [4.78, 5) is 19.5. The zero-order valence-corrected chi connectivity index (χ0v) is 16.0. The van der Waals surface area contributed by atoms with Gasteiger partial charge in [0.25, 0.3) is 0 Å². The average Bonchev–Trinajstić information content (AvgIpc) is 3.17. The molecule has 0 aliphatic carbocycles. The number of benzene rings is 2. The molecule has 7 nitrogen and oxygen atoms in total. The Morgan fingerprint density at radius 2 is 1.97 bits per heavy atom. The Hall–Kier alpha value is -3.79. The SMILES string of the molecule is CCCCOc1ccc(C(=O)OC/C(O)=C(\C#N)c2nc3ccccc3[nH]2)cc1. The van der Waals surface area contributed by atoms with Crippen LogP contribution in [0.1, 0.15) is 35.9 Å². The summed E-state index contributed by atoms with van der Waals surface area (Å²) in [5.41, 5.74) is 1.65. The van der Waals surface area contributed by atoms with E-state index in [9.17, 15) is 15.2 Å². The lowest BCUT2D eigenvalue weighted by Crippen LogP contribution is -2.09. The first-order valence-corrected chi connectivity index (χ1v) is 9.29. The maximum Gasteiger partial charge on any atom is 0.338 e. The van der Waals surface area contributed by atoms with Crippen molar-refractivity contribution in [2.75, 3.05) is 13.2 Å². The summed E-state index contributed by atoms with van der Waals surface area (Å²) in [5, 5.41) is 19.6. The van der Waals surface area contributed by atoms with Crippen molar-refractivity contribution in [3.8, 4) is 11.8 Å². The Morgan fingerprint density at radius 3 is 2.66 bits per heavy atom. The van der Waals surface area contributed by atoms with Crippen LogP contribution in [0.4, 0.5) is 0 Å². The average molecular weight is 391 g/mol. The van der Waals surface area contributed by atoms with E-state index < -0.39 is 12.6 Å². The van der Waals surface area contributed by atoms with Gasteiger partial charge in [-0.2, -0.15) is 5.26 Å². The minimum Gasteiger partial charge on any atom is -0.507 e. The molecule has 1 aromatic heterocycles. The monoisotopic (exact) mass is 391 g/mol. The molecule has 0 aliphatic heterocycles. The normalized spacial score (nSPS) is 11.6. The molecule has 3 aromatic rings. The second kappa shape index (κ2) is 9.42. The topological polar surface area (TPSA) is 108 Å². The van der Waals surface area contributed by atoms with Crippen LogP contribution in [0.25, 0.3) is 16.6 Å². The van der Waals surface area contributed by atoms with Crippen molar-refractivity contribution in [2.24, 2.45) is 0 Å². The smallest absolute Gasteiger partial charge is 0.338 e. The van der Waals surface area contributed by atoms with Crippen molar-refractivity contribution in [2.45, 2.75) is 19.8 Å². The molecule has 0 radical (unpaired) electrons. The zero-order valence-electron chi connectivity index (χ0n) is 16.0. The van der Waals surface area contributed by atoms with Crippen molar-refractivity contribution >= 4 is 22.6 Å². The van der Waals surface area contributed by atoms with Crippen molar-refractivity contribution in [3.63, 3.8) is 0 Å². The lowest BCUT2D eigenvalue weighted by molar-refractivity contribution is 0.0502. The molecule has 1 heterocycles. The van der Waals surface area contributed by atoms with Crippen molar-refractivity contribution in [1.82, 2.24) is 9.97 Å². The third-order valence-electron chi connectivity index (χ3n) is 4.22. The van der Waals surface area contributed by atoms with Crippen LogP contribution in [0, 0.1) is 11.3 Å². The standard InChI is InChI=1S/C22H21N3O4/c1-2-3-12-28-16-10-8-15(9-11-16)22(27)29-14-20(26)17(13-23)21-24-18-6-4-5-7-19(18)25-21/h4-11,26H,2-3,12,14H2,1H3,(H,24,25)/b20-17-. The highest BCUT2D eigenvalue weighted by Gasteiger charge is 2.15. The number of aliphatic hydroxyl groups excluding tert-OH is 1. The van der Waals surface area contributed by atoms with Gasteiger partial charge in [-0.1, -0.05) is 25.5 Å². The lowest BCUT2D eigenvalue weighted by Gasteiger charge is -2.07. The summed E-state index contributed by atoms with van der Waals surface area (Å²) in [6, 6.07) is 15.7. The molecular weight excluding hydrogens is 370 g/mol. The number of aromatic nitrogens is 2. The summed E-state index contributed by atoms with van der Waals surface area (Å²) in [5.74, 6) is -0.0943. The van der Waals surface area contributed by atoms with Crippen LogP contribution in [0.3, 0.4) is 0 Å². The molecule has 0 bridgehead atoms. The Labute approximate surface area is 168 Å². The molecule has 0 saturated heterocycles. The number of para-hydroxylation sites is 2. The lowest BCUT2D eigenvalue weighted by atomic mass is 10.2. The summed E-state index contributed by atoms with van der Waals surface area (Å²) in [7, 11) is 0. The quantitative estimate of drug-likeness (QED) is 0.255. The van der Waals surface area contributed by atoms with Gasteiger partial charge in [0.2, 0.25) is 0 Å². The van der Waals surface area contributed by atoms with Crippen LogP contribution in [-0.2, 0) is 4.74 Å². The largest absolute Gasteiger partial charge is 0.507 e. The van der Waals surface area contributed by atoms with Gasteiger partial charge < -0.3 is 19.6 Å². The second-order valence-corrected chi connectivity index (χ2v) is 6.34. The van der Waals surface area contributed by atoms with Crippen molar-refractivity contribution in [1.29, 1.82) is 5.26 Å². The predicted molar refractivity (Wildman–Crippen MR) is 108 cm³/mol. The summed E-state index contributed by atoms with van der Waals surface area (Å²) in [6.07, 6.45) is 2.00. The Balaban J connectivity index is 1.65. The molecule has 148 valence electrons. The molecule has 2 N–H and O–H groups in total. The van der Waals surface area contributed by atoms with E-state index in [1.54, 1.807) is 30.3 Å². The number of imidazole rings is 1. The molecule has 0 spiro atoms. The second-order valence-electron chi connectivity index (χ2n) is 6.34. The van der Waals surface area contributed by atoms with E-state index >= 15 is 0 Å². The number of unbranched alkanes of at least 4 members (excludes halogenated alkanes) is 1. The number of esters is 1. The van der Waals surface area contributed by atoms with Gasteiger partial charge in [-0.3, -0.25) is 0 Å². The first-order chi connectivity index (χ1) is 14.1. The highest BCUT2D eigenvalue weighted by Crippen LogP contribution is 2.19. The molecule has 7 heteroatoms. The van der Waals surface area contributed by atoms with Crippen LogP contribution in [0.15, 0.2) is 54.3 Å². The molecule has 2 aromatic carbocycles. The highest BCUT2D eigenvalue weighted by molar-refractivity contribution is 5.90. The number of carbonyl (C=O) groups excluding carboxylic acids is 1. The minimum atomic E-state index is -0.612. The number of ether oxygens (including phenoxy) is 2. The van der Waals surface area contributed by atoms with Gasteiger partial charge in [0.1, 0.15) is 24.0 Å². The van der Waals surface area contributed by atoms with Gasteiger partial charge in [0, 0.05) is 0 Å². The molecule has 3 rings (SSSR count). The fourth-order valence-electron chi connectivity index (χ4n) is 2.64. The molecule has 0 fully saturated rings. The van der Waals surface area contributed by atoms with Gasteiger partial charge in [-0.25, -0.2) is 9.78 Å². The van der Waals surface area contributed by atoms with Crippen molar-refractivity contribution < 1.29 is 19.4 Å². The highest BCUT2D eigenvalue weighted by atomic mass is 16.5. The number of fused-ring (bicyclic) bond motifs is 1. The molecule has 0 saturated carbocycles. The first kappa shape index (κ1) is 20.0. The molecule has 0 atom stereocenters. The van der Waals surface area contributed by atoms with E-state index in [0.717, 1.165) is 18.4 Å². The molecule has 0 aliphatic rings. The van der Waals surface area contributed by atoms with Crippen LogP contribution < -0.4 is 4.74 Å². The van der Waals surface area contributed by atoms with Crippen LogP contribution >= 0.6 is 0 Å². The first-order valence-electron chi connectivity index (χ1n) is 9.29. The fraction of sp³-hybridized carbons (Fsp3) is 0.227. The van der Waals surface area contributed by atoms with Crippen LogP contribution in [0.2, 0.25) is 0 Å². The fourth-order valence-corrected chi connectivity index (χ4v) is 2.64. The zero-order chi connectivity index (χ0) is 20.6. The number of nitrogens with zero attached hydrogens (tertiary/aromatic N) is 2. The summed E-state index contributed by atoms with van der Waals surface area (Å²) in [6.45, 7) is 2.27. The molecule has 29 heavy (non-hydrogen) atoms. The van der Waals surface area contributed by atoms with E-state index in [4.69, 9.17) is 9.47 Å². The molecule has 0 amide bonds. The number of aliphatic hydroxyl groups is 1. The maximum absolute atomic E-state index is 12.2. The van der Waals surface area contributed by atoms with Crippen LogP contribution in [0.5, 0.6) is 5.75 Å². The summed E-state index contributed by atoms with van der Waals surface area (Å²) < 4.78 is 10.7.